The first-order valence-electron chi connectivity index (χ1n) is 7.26. The standard InChI is InChI=1S/C16H18F2N2O5/c1-8-12(14(21)24-4)13(19-16(22)20(8)2)9-5-6-10(23-3)11(7-9)25-15(17)18/h5-7,13,15H,1-4H3,(H,19,22)/t13-/m1/s1. The van der Waals surface area contributed by atoms with Crippen LogP contribution in [0.4, 0.5) is 13.6 Å². The second-order valence-corrected chi connectivity index (χ2v) is 5.22. The fourth-order valence-corrected chi connectivity index (χ4v) is 2.52. The molecule has 0 saturated heterocycles. The first kappa shape index (κ1) is 18.5. The van der Waals surface area contributed by atoms with Crippen molar-refractivity contribution < 1.29 is 32.6 Å². The summed E-state index contributed by atoms with van der Waals surface area (Å²) in [6.45, 7) is -1.45. The van der Waals surface area contributed by atoms with Gasteiger partial charge >= 0.3 is 18.6 Å². The first-order valence-corrected chi connectivity index (χ1v) is 7.26. The molecule has 1 atom stereocenters. The molecule has 1 heterocycles. The van der Waals surface area contributed by atoms with E-state index < -0.39 is 24.7 Å². The number of carbonyl (C=O) groups excluding carboxylic acids is 2. The molecule has 1 N–H and O–H groups in total. The number of urea groups is 1. The Labute approximate surface area is 143 Å². The monoisotopic (exact) mass is 356 g/mol. The summed E-state index contributed by atoms with van der Waals surface area (Å²) in [4.78, 5) is 25.5. The second-order valence-electron chi connectivity index (χ2n) is 5.22. The zero-order valence-electron chi connectivity index (χ0n) is 14.1. The average Bonchev–Trinajstić information content (AvgIpc) is 2.58. The molecule has 1 aliphatic heterocycles. The fourth-order valence-electron chi connectivity index (χ4n) is 2.52. The number of nitrogens with one attached hydrogen (secondary N) is 1. The van der Waals surface area contributed by atoms with Crippen LogP contribution in [-0.2, 0) is 9.53 Å². The van der Waals surface area contributed by atoms with Crippen LogP contribution in [0.15, 0.2) is 29.5 Å². The molecular formula is C16H18F2N2O5. The van der Waals surface area contributed by atoms with Gasteiger partial charge in [0.05, 0.1) is 25.8 Å². The molecular weight excluding hydrogens is 338 g/mol. The smallest absolute Gasteiger partial charge is 0.387 e. The first-order chi connectivity index (χ1) is 11.8. The van der Waals surface area contributed by atoms with Crippen LogP contribution < -0.4 is 14.8 Å². The zero-order valence-corrected chi connectivity index (χ0v) is 14.1. The fraction of sp³-hybridized carbons (Fsp3) is 0.375. The third kappa shape index (κ3) is 3.65. The van der Waals surface area contributed by atoms with Gasteiger partial charge in [-0.1, -0.05) is 6.07 Å². The molecule has 25 heavy (non-hydrogen) atoms. The maximum absolute atomic E-state index is 12.6. The summed E-state index contributed by atoms with van der Waals surface area (Å²) in [5, 5.41) is 2.64. The van der Waals surface area contributed by atoms with Crippen molar-refractivity contribution in [2.45, 2.75) is 19.6 Å². The largest absolute Gasteiger partial charge is 0.493 e. The van der Waals surface area contributed by atoms with Gasteiger partial charge in [-0.3, -0.25) is 0 Å². The van der Waals surface area contributed by atoms with Crippen molar-refractivity contribution in [1.82, 2.24) is 10.2 Å². The Morgan fingerprint density at radius 2 is 1.96 bits per heavy atom. The number of benzene rings is 1. The van der Waals surface area contributed by atoms with Crippen molar-refractivity contribution in [3.05, 3.63) is 35.0 Å². The molecule has 9 heteroatoms. The van der Waals surface area contributed by atoms with E-state index in [1.807, 2.05) is 0 Å². The van der Waals surface area contributed by atoms with Crippen LogP contribution in [0.3, 0.4) is 0 Å². The third-order valence-corrected chi connectivity index (χ3v) is 3.90. The Hall–Kier alpha value is -2.84. The lowest BCUT2D eigenvalue weighted by Gasteiger charge is -2.33. The number of hydrogen-bond donors (Lipinski definition) is 1. The SMILES string of the molecule is COC(=O)C1=C(C)N(C)C(=O)N[C@@H]1c1ccc(OC)c(OC(F)F)c1. The van der Waals surface area contributed by atoms with Crippen LogP contribution in [0.1, 0.15) is 18.5 Å². The number of esters is 1. The van der Waals surface area contributed by atoms with E-state index in [2.05, 4.69) is 10.1 Å². The highest BCUT2D eigenvalue weighted by atomic mass is 19.3. The molecule has 136 valence electrons. The molecule has 0 spiro atoms. The minimum absolute atomic E-state index is 0.101. The quantitative estimate of drug-likeness (QED) is 0.820. The van der Waals surface area contributed by atoms with E-state index >= 15 is 0 Å². The average molecular weight is 356 g/mol. The highest BCUT2D eigenvalue weighted by Crippen LogP contribution is 2.36. The van der Waals surface area contributed by atoms with E-state index in [0.717, 1.165) is 0 Å². The van der Waals surface area contributed by atoms with Crippen molar-refractivity contribution in [1.29, 1.82) is 0 Å². The van der Waals surface area contributed by atoms with Gasteiger partial charge in [0.1, 0.15) is 0 Å². The minimum Gasteiger partial charge on any atom is -0.493 e. The van der Waals surface area contributed by atoms with E-state index in [1.54, 1.807) is 13.0 Å². The third-order valence-electron chi connectivity index (χ3n) is 3.90. The van der Waals surface area contributed by atoms with E-state index in [4.69, 9.17) is 9.47 Å². The number of nitrogens with zero attached hydrogens (tertiary/aromatic N) is 1. The minimum atomic E-state index is -3.05. The molecule has 1 aliphatic rings. The Morgan fingerprint density at radius 3 is 2.52 bits per heavy atom. The molecule has 1 aromatic carbocycles. The lowest BCUT2D eigenvalue weighted by molar-refractivity contribution is -0.136. The Kier molecular flexibility index (Phi) is 5.45. The number of halogens is 2. The number of hydrogen-bond acceptors (Lipinski definition) is 5. The number of rotatable bonds is 5. The van der Waals surface area contributed by atoms with Gasteiger partial charge < -0.3 is 24.4 Å². The van der Waals surface area contributed by atoms with E-state index in [9.17, 15) is 18.4 Å². The highest BCUT2D eigenvalue weighted by Gasteiger charge is 2.35. The number of carbonyl (C=O) groups is 2. The van der Waals surface area contributed by atoms with Crippen molar-refractivity contribution >= 4 is 12.0 Å². The van der Waals surface area contributed by atoms with Gasteiger partial charge in [0.15, 0.2) is 11.5 Å². The van der Waals surface area contributed by atoms with Crippen LogP contribution in [0.2, 0.25) is 0 Å². The van der Waals surface area contributed by atoms with Crippen LogP contribution in [0.25, 0.3) is 0 Å². The lowest BCUT2D eigenvalue weighted by Crippen LogP contribution is -2.46. The molecule has 0 aromatic heterocycles. The number of ether oxygens (including phenoxy) is 3. The zero-order chi connectivity index (χ0) is 18.7. The van der Waals surface area contributed by atoms with Gasteiger partial charge in [0.2, 0.25) is 0 Å². The predicted molar refractivity (Wildman–Crippen MR) is 83.4 cm³/mol. The van der Waals surface area contributed by atoms with E-state index in [1.165, 1.54) is 38.3 Å². The Bertz CT molecular complexity index is 720. The summed E-state index contributed by atoms with van der Waals surface area (Å²) in [6, 6.07) is 2.94. The molecule has 0 fully saturated rings. The predicted octanol–water partition coefficient (Wildman–Crippen LogP) is 2.44. The summed E-state index contributed by atoms with van der Waals surface area (Å²) in [5.41, 5.74) is 0.961. The van der Waals surface area contributed by atoms with Crippen molar-refractivity contribution in [2.75, 3.05) is 21.3 Å². The van der Waals surface area contributed by atoms with E-state index in [-0.39, 0.29) is 17.1 Å². The molecule has 0 radical (unpaired) electrons. The maximum Gasteiger partial charge on any atom is 0.387 e. The number of allylic oxidation sites excluding steroid dienone is 1. The molecule has 1 aromatic rings. The normalized spacial score (nSPS) is 17.5. The summed E-state index contributed by atoms with van der Waals surface area (Å²) < 4.78 is 39.4. The molecule has 0 bridgehead atoms. The van der Waals surface area contributed by atoms with Crippen LogP contribution >= 0.6 is 0 Å². The maximum atomic E-state index is 12.6. The van der Waals surface area contributed by atoms with E-state index in [0.29, 0.717) is 11.3 Å². The van der Waals surface area contributed by atoms with Gasteiger partial charge in [0, 0.05) is 12.7 Å². The summed E-state index contributed by atoms with van der Waals surface area (Å²) in [6.07, 6.45) is 0. The Balaban J connectivity index is 2.54. The molecule has 2 rings (SSSR count). The highest BCUT2D eigenvalue weighted by molar-refractivity contribution is 5.94. The number of methoxy groups -OCH3 is 2. The van der Waals surface area contributed by atoms with Gasteiger partial charge in [0.25, 0.3) is 0 Å². The molecule has 0 unspecified atom stereocenters. The van der Waals surface area contributed by atoms with Crippen molar-refractivity contribution in [2.24, 2.45) is 0 Å². The van der Waals surface area contributed by atoms with Gasteiger partial charge in [-0.25, -0.2) is 9.59 Å². The lowest BCUT2D eigenvalue weighted by atomic mass is 9.94. The second kappa shape index (κ2) is 7.37. The van der Waals surface area contributed by atoms with Gasteiger partial charge in [-0.15, -0.1) is 0 Å². The summed E-state index contributed by atoms with van der Waals surface area (Å²) in [5.74, 6) is -0.741. The summed E-state index contributed by atoms with van der Waals surface area (Å²) >= 11 is 0. The summed E-state index contributed by atoms with van der Waals surface area (Å²) in [7, 11) is 4.03. The van der Waals surface area contributed by atoms with Crippen molar-refractivity contribution in [3.63, 3.8) is 0 Å². The Morgan fingerprint density at radius 1 is 1.28 bits per heavy atom. The number of amides is 2. The van der Waals surface area contributed by atoms with Crippen LogP contribution in [0, 0.1) is 0 Å². The van der Waals surface area contributed by atoms with Crippen molar-refractivity contribution in [3.8, 4) is 11.5 Å². The molecule has 2 amide bonds. The van der Waals surface area contributed by atoms with Crippen LogP contribution in [0.5, 0.6) is 11.5 Å². The van der Waals surface area contributed by atoms with Crippen LogP contribution in [-0.4, -0.2) is 44.8 Å². The van der Waals surface area contributed by atoms with Gasteiger partial charge in [-0.2, -0.15) is 8.78 Å². The molecule has 0 saturated carbocycles. The molecule has 0 aliphatic carbocycles. The topological polar surface area (TPSA) is 77.1 Å². The number of alkyl halides is 2. The molecule has 7 nitrogen and oxygen atoms in total. The van der Waals surface area contributed by atoms with Gasteiger partial charge in [-0.05, 0) is 24.6 Å².